The second-order valence-electron chi connectivity index (χ2n) is 9.43. The first-order valence-electron chi connectivity index (χ1n) is 12.2. The van der Waals surface area contributed by atoms with Crippen LogP contribution in [0.4, 0.5) is 5.82 Å². The Morgan fingerprint density at radius 3 is 2.92 bits per heavy atom. The van der Waals surface area contributed by atoms with Crippen molar-refractivity contribution >= 4 is 40.8 Å². The van der Waals surface area contributed by atoms with Crippen LogP contribution in [-0.4, -0.2) is 60.7 Å². The number of amides is 1. The largest absolute Gasteiger partial charge is 0.389 e. The van der Waals surface area contributed by atoms with Gasteiger partial charge in [0.1, 0.15) is 12.4 Å². The summed E-state index contributed by atoms with van der Waals surface area (Å²) in [6, 6.07) is 6.87. The highest BCUT2D eigenvalue weighted by molar-refractivity contribution is 6.30. The molecule has 10 nitrogen and oxygen atoms in total. The summed E-state index contributed by atoms with van der Waals surface area (Å²) in [5.74, 6) is 6.26. The molecule has 1 aromatic carbocycles. The number of nitrogens with one attached hydrogen (secondary N) is 2. The molecule has 0 bridgehead atoms. The van der Waals surface area contributed by atoms with Crippen LogP contribution in [0.2, 0.25) is 5.02 Å². The van der Waals surface area contributed by atoms with E-state index in [0.717, 1.165) is 11.8 Å². The Labute approximate surface area is 218 Å². The highest BCUT2D eigenvalue weighted by atomic mass is 35.5. The van der Waals surface area contributed by atoms with Gasteiger partial charge in [-0.25, -0.2) is 15.0 Å². The summed E-state index contributed by atoms with van der Waals surface area (Å²) in [4.78, 5) is 37.1. The van der Waals surface area contributed by atoms with Crippen molar-refractivity contribution in [2.24, 2.45) is 11.3 Å². The van der Waals surface area contributed by atoms with Gasteiger partial charge in [0.2, 0.25) is 11.7 Å². The van der Waals surface area contributed by atoms with Gasteiger partial charge in [0.25, 0.3) is 0 Å². The van der Waals surface area contributed by atoms with Crippen LogP contribution in [0.25, 0.3) is 11.2 Å². The molecule has 0 spiro atoms. The molecule has 2 aliphatic carbocycles. The van der Waals surface area contributed by atoms with E-state index in [1.807, 2.05) is 25.1 Å². The van der Waals surface area contributed by atoms with E-state index in [4.69, 9.17) is 11.6 Å². The zero-order chi connectivity index (χ0) is 26.2. The zero-order valence-corrected chi connectivity index (χ0v) is 20.9. The first-order valence-corrected chi connectivity index (χ1v) is 12.6. The van der Waals surface area contributed by atoms with Crippen molar-refractivity contribution in [2.45, 2.75) is 51.0 Å². The lowest BCUT2D eigenvalue weighted by atomic mass is 10.0. The summed E-state index contributed by atoms with van der Waals surface area (Å²) in [5.41, 5.74) is 0.918. The molecule has 1 amide bonds. The van der Waals surface area contributed by atoms with E-state index in [0.29, 0.717) is 47.9 Å². The number of benzene rings is 1. The molecular formula is C26H27ClN6O4. The maximum absolute atomic E-state index is 11.7. The van der Waals surface area contributed by atoms with Crippen molar-refractivity contribution < 1.29 is 19.8 Å². The molecule has 1 unspecified atom stereocenters. The first-order chi connectivity index (χ1) is 17.9. The monoisotopic (exact) mass is 522 g/mol. The van der Waals surface area contributed by atoms with Crippen LogP contribution in [0.15, 0.2) is 30.6 Å². The zero-order valence-electron chi connectivity index (χ0n) is 20.2. The average Bonchev–Trinajstić information content (AvgIpc) is 3.41. The number of carbonyl (C=O) groups excluding carboxylic acids is 2. The predicted molar refractivity (Wildman–Crippen MR) is 137 cm³/mol. The topological polar surface area (TPSA) is 142 Å². The van der Waals surface area contributed by atoms with Gasteiger partial charge in [-0.05, 0) is 42.9 Å². The Bertz CT molecular complexity index is 1420. The number of rotatable bonds is 8. The Morgan fingerprint density at radius 2 is 2.19 bits per heavy atom. The number of aliphatic hydroxyl groups is 2. The summed E-state index contributed by atoms with van der Waals surface area (Å²) >= 11 is 6.12. The predicted octanol–water partition coefficient (Wildman–Crippen LogP) is 1.84. The second-order valence-corrected chi connectivity index (χ2v) is 9.86. The number of aldehydes is 1. The maximum Gasteiger partial charge on any atom is 0.220 e. The van der Waals surface area contributed by atoms with Gasteiger partial charge in [-0.3, -0.25) is 4.79 Å². The van der Waals surface area contributed by atoms with Gasteiger partial charge in [0, 0.05) is 31.0 Å². The summed E-state index contributed by atoms with van der Waals surface area (Å²) in [7, 11) is 0. The number of halogens is 1. The fourth-order valence-electron chi connectivity index (χ4n) is 5.16. The molecule has 2 saturated carbocycles. The second kappa shape index (κ2) is 10.1. The van der Waals surface area contributed by atoms with Crippen molar-refractivity contribution in [1.82, 2.24) is 24.8 Å². The number of aliphatic hydroxyl groups excluding tert-OH is 2. The van der Waals surface area contributed by atoms with Crippen molar-refractivity contribution in [2.75, 3.05) is 11.9 Å². The summed E-state index contributed by atoms with van der Waals surface area (Å²) in [6.45, 7) is 2.84. The molecule has 2 fully saturated rings. The number of carbonyl (C=O) groups is 2. The fraction of sp³-hybridized carbons (Fsp3) is 0.423. The molecule has 0 aliphatic heterocycles. The summed E-state index contributed by atoms with van der Waals surface area (Å²) in [5, 5.41) is 27.9. The van der Waals surface area contributed by atoms with Gasteiger partial charge in [0.05, 0.1) is 23.9 Å². The number of nitrogens with zero attached hydrogens (tertiary/aromatic N) is 4. The normalized spacial score (nSPS) is 25.7. The number of anilines is 1. The van der Waals surface area contributed by atoms with Crippen molar-refractivity contribution in [3.63, 3.8) is 0 Å². The highest BCUT2D eigenvalue weighted by Gasteiger charge is 2.72. The quantitative estimate of drug-likeness (QED) is 0.259. The van der Waals surface area contributed by atoms with Gasteiger partial charge in [-0.2, -0.15) is 0 Å². The van der Waals surface area contributed by atoms with Crippen LogP contribution in [0.1, 0.15) is 43.6 Å². The van der Waals surface area contributed by atoms with E-state index < -0.39 is 23.7 Å². The molecule has 37 heavy (non-hydrogen) atoms. The molecule has 0 radical (unpaired) electrons. The van der Waals surface area contributed by atoms with Crippen molar-refractivity contribution in [3.05, 3.63) is 47.0 Å². The van der Waals surface area contributed by atoms with Gasteiger partial charge >= 0.3 is 0 Å². The van der Waals surface area contributed by atoms with Gasteiger partial charge in [-0.15, -0.1) is 0 Å². The number of hydrogen-bond acceptors (Lipinski definition) is 8. The van der Waals surface area contributed by atoms with Gasteiger partial charge < -0.3 is 30.2 Å². The first kappa shape index (κ1) is 25.1. The fourth-order valence-corrected chi connectivity index (χ4v) is 5.37. The Kier molecular flexibility index (Phi) is 6.86. The minimum absolute atomic E-state index is 0.0769. The van der Waals surface area contributed by atoms with Crippen molar-refractivity contribution in [1.29, 1.82) is 0 Å². The summed E-state index contributed by atoms with van der Waals surface area (Å²) < 4.78 is 1.71. The Hall–Kier alpha value is -3.52. The summed E-state index contributed by atoms with van der Waals surface area (Å²) in [6.07, 6.45) is 1.13. The standard InChI is InChI=1S/C26H27ClN6O4/c1-2-28-19(35)9-4-3-8-18-31-24(29-12-15-6-5-7-16(27)10-15)20-25(32-18)33(14-30-20)21-17-11-26(17,13-34)23(37)22(21)36/h5-7,10,13-14,17,21-23,36-37H,2,4,9,11-12H2,1H3,(H,28,35)(H,29,31,32)/t17-,21-,22-,23?,26+/m1/s1. The van der Waals surface area contributed by atoms with Crippen LogP contribution in [0.3, 0.4) is 0 Å². The molecule has 11 heteroatoms. The average molecular weight is 523 g/mol. The third-order valence-electron chi connectivity index (χ3n) is 7.10. The van der Waals surface area contributed by atoms with Gasteiger partial charge in [-0.1, -0.05) is 29.7 Å². The lowest BCUT2D eigenvalue weighted by Crippen LogP contribution is -2.34. The molecule has 5 rings (SSSR count). The van der Waals surface area contributed by atoms with Crippen LogP contribution in [0.5, 0.6) is 0 Å². The third kappa shape index (κ3) is 4.66. The van der Waals surface area contributed by atoms with E-state index >= 15 is 0 Å². The molecular weight excluding hydrogens is 496 g/mol. The van der Waals surface area contributed by atoms with Crippen molar-refractivity contribution in [3.8, 4) is 11.8 Å². The molecule has 192 valence electrons. The van der Waals surface area contributed by atoms with Crippen LogP contribution >= 0.6 is 11.6 Å². The van der Waals surface area contributed by atoms with Crippen LogP contribution in [0, 0.1) is 23.2 Å². The third-order valence-corrected chi connectivity index (χ3v) is 7.34. The Balaban J connectivity index is 1.48. The number of imidazole rings is 1. The minimum Gasteiger partial charge on any atom is -0.389 e. The molecule has 2 aliphatic rings. The number of hydrogen-bond donors (Lipinski definition) is 4. The molecule has 0 saturated heterocycles. The van der Waals surface area contributed by atoms with Crippen LogP contribution < -0.4 is 10.6 Å². The number of aromatic nitrogens is 4. The lowest BCUT2D eigenvalue weighted by Gasteiger charge is -2.22. The smallest absolute Gasteiger partial charge is 0.220 e. The van der Waals surface area contributed by atoms with E-state index in [9.17, 15) is 19.8 Å². The molecule has 2 aromatic heterocycles. The molecule has 5 atom stereocenters. The van der Waals surface area contributed by atoms with E-state index in [1.165, 1.54) is 0 Å². The minimum atomic E-state index is -1.15. The highest BCUT2D eigenvalue weighted by Crippen LogP contribution is 2.66. The SMILES string of the molecule is CCNC(=O)CCC#Cc1nc(NCc2cccc(Cl)c2)c2ncn([C@@H]3[C@H]4C[C@@]4(C=O)C(O)[C@@H]3O)c2n1. The van der Waals surface area contributed by atoms with E-state index in [1.54, 1.807) is 17.0 Å². The van der Waals surface area contributed by atoms with E-state index in [-0.39, 0.29) is 24.1 Å². The molecule has 3 aromatic rings. The number of fused-ring (bicyclic) bond motifs is 2. The van der Waals surface area contributed by atoms with E-state index in [2.05, 4.69) is 37.4 Å². The molecule has 2 heterocycles. The lowest BCUT2D eigenvalue weighted by molar-refractivity contribution is -0.121. The Morgan fingerprint density at radius 1 is 1.35 bits per heavy atom. The molecule has 4 N–H and O–H groups in total. The maximum atomic E-state index is 11.7. The van der Waals surface area contributed by atoms with Gasteiger partial charge in [0.15, 0.2) is 17.0 Å². The van der Waals surface area contributed by atoms with Crippen LogP contribution in [-0.2, 0) is 16.1 Å².